The molecule has 0 radical (unpaired) electrons. The van der Waals surface area contributed by atoms with Crippen LogP contribution in [0, 0.1) is 0 Å². The Morgan fingerprint density at radius 3 is 1.92 bits per heavy atom. The van der Waals surface area contributed by atoms with Crippen LogP contribution < -0.4 is 0 Å². The summed E-state index contributed by atoms with van der Waals surface area (Å²) in [5.74, 6) is 1.81. The number of furan rings is 1. The van der Waals surface area contributed by atoms with Gasteiger partial charge in [-0.2, -0.15) is 0 Å². The van der Waals surface area contributed by atoms with E-state index in [1.165, 1.54) is 22.3 Å². The van der Waals surface area contributed by atoms with Crippen molar-refractivity contribution in [3.8, 4) is 50.4 Å². The van der Waals surface area contributed by atoms with Crippen LogP contribution in [0.4, 0.5) is 0 Å². The molecule has 0 spiro atoms. The van der Waals surface area contributed by atoms with Crippen molar-refractivity contribution < 1.29 is 4.42 Å². The quantitative estimate of drug-likeness (QED) is 0.226. The number of aromatic nitrogens is 3. The van der Waals surface area contributed by atoms with Gasteiger partial charge >= 0.3 is 0 Å². The third-order valence-electron chi connectivity index (χ3n) is 8.00. The Labute approximate surface area is 224 Å². The van der Waals surface area contributed by atoms with Crippen LogP contribution in [0.1, 0.15) is 0 Å². The van der Waals surface area contributed by atoms with Crippen molar-refractivity contribution in [2.75, 3.05) is 0 Å². The van der Waals surface area contributed by atoms with Crippen molar-refractivity contribution in [3.05, 3.63) is 128 Å². The van der Waals surface area contributed by atoms with Gasteiger partial charge in [0.05, 0.1) is 28.3 Å². The van der Waals surface area contributed by atoms with Crippen molar-refractivity contribution in [1.82, 2.24) is 14.0 Å². The van der Waals surface area contributed by atoms with E-state index in [0.29, 0.717) is 0 Å². The molecule has 0 atom stereocenters. The third kappa shape index (κ3) is 2.75. The lowest BCUT2D eigenvalue weighted by atomic mass is 9.83. The zero-order valence-electron chi connectivity index (χ0n) is 20.9. The summed E-state index contributed by atoms with van der Waals surface area (Å²) in [6.45, 7) is 0. The number of hydrogen-bond donors (Lipinski definition) is 0. The molecule has 0 fully saturated rings. The van der Waals surface area contributed by atoms with E-state index in [2.05, 4.69) is 124 Å². The molecule has 182 valence electrons. The molecular weight excluding hydrogens is 478 g/mol. The van der Waals surface area contributed by atoms with Gasteiger partial charge in [-0.25, -0.2) is 4.98 Å². The highest BCUT2D eigenvalue weighted by Gasteiger charge is 2.25. The SMILES string of the molecule is c1ccc2c(c1)-c1cc(-n3c4ccccc4n4c5ccccc5nc34)ccc1-c1ccoc1-c1ccccc1-2. The topological polar surface area (TPSA) is 35.4 Å². The Morgan fingerprint density at radius 1 is 0.487 bits per heavy atom. The fraction of sp³-hybridized carbons (Fsp3) is 0. The molecule has 0 bridgehead atoms. The van der Waals surface area contributed by atoms with Gasteiger partial charge in [-0.05, 0) is 70.3 Å². The largest absolute Gasteiger partial charge is 0.464 e. The molecule has 0 amide bonds. The van der Waals surface area contributed by atoms with E-state index in [1.807, 2.05) is 6.07 Å². The minimum absolute atomic E-state index is 0.905. The van der Waals surface area contributed by atoms with E-state index in [1.54, 1.807) is 6.26 Å². The normalized spacial score (nSPS) is 12.1. The Balaban J connectivity index is 1.40. The molecule has 0 aliphatic heterocycles. The summed E-state index contributed by atoms with van der Waals surface area (Å²) in [5, 5.41) is 0. The zero-order chi connectivity index (χ0) is 25.5. The lowest BCUT2D eigenvalue weighted by Gasteiger charge is -2.21. The predicted molar refractivity (Wildman–Crippen MR) is 157 cm³/mol. The molecule has 1 aliphatic rings. The van der Waals surface area contributed by atoms with Gasteiger partial charge in [0.1, 0.15) is 5.76 Å². The van der Waals surface area contributed by atoms with Gasteiger partial charge in [0, 0.05) is 16.8 Å². The summed E-state index contributed by atoms with van der Waals surface area (Å²) < 4.78 is 10.7. The number of imidazole rings is 2. The second-order valence-electron chi connectivity index (χ2n) is 10.0. The number of benzene rings is 5. The zero-order valence-corrected chi connectivity index (χ0v) is 20.9. The minimum Gasteiger partial charge on any atom is -0.464 e. The van der Waals surface area contributed by atoms with Gasteiger partial charge in [-0.1, -0.05) is 78.9 Å². The van der Waals surface area contributed by atoms with Crippen LogP contribution >= 0.6 is 0 Å². The van der Waals surface area contributed by atoms with Crippen molar-refractivity contribution in [1.29, 1.82) is 0 Å². The van der Waals surface area contributed by atoms with Crippen molar-refractivity contribution >= 4 is 27.8 Å². The van der Waals surface area contributed by atoms with Crippen LogP contribution in [0.15, 0.2) is 132 Å². The third-order valence-corrected chi connectivity index (χ3v) is 8.00. The predicted octanol–water partition coefficient (Wildman–Crippen LogP) is 9.01. The van der Waals surface area contributed by atoms with E-state index >= 15 is 0 Å². The number of rotatable bonds is 1. The molecular formula is C35H21N3O. The monoisotopic (exact) mass is 499 g/mol. The first-order valence-corrected chi connectivity index (χ1v) is 13.1. The van der Waals surface area contributed by atoms with Gasteiger partial charge in [0.2, 0.25) is 5.78 Å². The van der Waals surface area contributed by atoms with Crippen LogP contribution in [0.25, 0.3) is 78.2 Å². The van der Waals surface area contributed by atoms with Crippen LogP contribution in [0.2, 0.25) is 0 Å². The molecule has 3 aromatic heterocycles. The molecule has 0 unspecified atom stereocenters. The van der Waals surface area contributed by atoms with Crippen LogP contribution in [-0.4, -0.2) is 14.0 Å². The van der Waals surface area contributed by atoms with E-state index < -0.39 is 0 Å². The van der Waals surface area contributed by atoms with E-state index in [-0.39, 0.29) is 0 Å². The van der Waals surface area contributed by atoms with Gasteiger partial charge in [0.15, 0.2) is 0 Å². The highest BCUT2D eigenvalue weighted by atomic mass is 16.3. The second-order valence-corrected chi connectivity index (χ2v) is 10.0. The van der Waals surface area contributed by atoms with Crippen LogP contribution in [0.5, 0.6) is 0 Å². The summed E-state index contributed by atoms with van der Waals surface area (Å²) in [6, 6.07) is 42.9. The average molecular weight is 500 g/mol. The maximum absolute atomic E-state index is 6.12. The number of para-hydroxylation sites is 4. The fourth-order valence-corrected chi connectivity index (χ4v) is 6.33. The van der Waals surface area contributed by atoms with Gasteiger partial charge < -0.3 is 4.42 Å². The van der Waals surface area contributed by atoms with E-state index in [4.69, 9.17) is 9.40 Å². The summed E-state index contributed by atoms with van der Waals surface area (Å²) >= 11 is 0. The molecule has 4 heteroatoms. The fourth-order valence-electron chi connectivity index (χ4n) is 6.33. The lowest BCUT2D eigenvalue weighted by molar-refractivity contribution is 0.583. The van der Waals surface area contributed by atoms with Gasteiger partial charge in [-0.3, -0.25) is 8.97 Å². The summed E-state index contributed by atoms with van der Waals surface area (Å²) in [5.41, 5.74) is 13.6. The Kier molecular flexibility index (Phi) is 4.02. The van der Waals surface area contributed by atoms with Crippen molar-refractivity contribution in [3.63, 3.8) is 0 Å². The van der Waals surface area contributed by atoms with Crippen molar-refractivity contribution in [2.24, 2.45) is 0 Å². The Bertz CT molecular complexity index is 2240. The Hall–Kier alpha value is -5.35. The smallest absolute Gasteiger partial charge is 0.220 e. The molecule has 5 aromatic carbocycles. The minimum atomic E-state index is 0.905. The molecule has 1 aliphatic carbocycles. The summed E-state index contributed by atoms with van der Waals surface area (Å²) in [7, 11) is 0. The highest BCUT2D eigenvalue weighted by Crippen LogP contribution is 2.48. The molecule has 3 heterocycles. The van der Waals surface area contributed by atoms with Gasteiger partial charge in [-0.15, -0.1) is 0 Å². The summed E-state index contributed by atoms with van der Waals surface area (Å²) in [6.07, 6.45) is 1.80. The molecule has 0 saturated heterocycles. The molecule has 9 rings (SSSR count). The first kappa shape index (κ1) is 20.7. The van der Waals surface area contributed by atoms with Gasteiger partial charge in [0.25, 0.3) is 0 Å². The second kappa shape index (κ2) is 7.59. The highest BCUT2D eigenvalue weighted by molar-refractivity contribution is 6.02. The first-order valence-electron chi connectivity index (χ1n) is 13.1. The summed E-state index contributed by atoms with van der Waals surface area (Å²) in [4.78, 5) is 5.09. The maximum Gasteiger partial charge on any atom is 0.220 e. The van der Waals surface area contributed by atoms with E-state index in [0.717, 1.165) is 56.0 Å². The van der Waals surface area contributed by atoms with E-state index in [9.17, 15) is 0 Å². The average Bonchev–Trinajstić information content (AvgIpc) is 3.69. The molecule has 4 nitrogen and oxygen atoms in total. The first-order chi connectivity index (χ1) is 19.4. The maximum atomic E-state index is 6.12. The molecule has 0 N–H and O–H groups in total. The molecule has 39 heavy (non-hydrogen) atoms. The van der Waals surface area contributed by atoms with Crippen LogP contribution in [0.3, 0.4) is 0 Å². The molecule has 0 saturated carbocycles. The van der Waals surface area contributed by atoms with Crippen LogP contribution in [-0.2, 0) is 0 Å². The standard InChI is InChI=1S/C35H21N3O/c1-2-11-25-23(9-1)24-10-3-4-12-27(24)34-28(19-20-39-34)26-18-17-22(21-29(25)26)37-32-15-7-8-16-33(32)38-31-14-6-5-13-30(31)36-35(37)38/h1-21H. The molecule has 8 aromatic rings. The van der Waals surface area contributed by atoms with Crippen molar-refractivity contribution in [2.45, 2.75) is 0 Å². The number of hydrogen-bond acceptors (Lipinski definition) is 2. The number of nitrogens with zero attached hydrogens (tertiary/aromatic N) is 3. The lowest BCUT2D eigenvalue weighted by Crippen LogP contribution is -1.99. The Morgan fingerprint density at radius 2 is 1.10 bits per heavy atom. The number of fused-ring (bicyclic) bond motifs is 13.